The van der Waals surface area contributed by atoms with Gasteiger partial charge >= 0.3 is 5.97 Å². The van der Waals surface area contributed by atoms with E-state index in [1.165, 1.54) is 6.07 Å². The molecule has 0 bridgehead atoms. The molecule has 0 saturated carbocycles. The lowest BCUT2D eigenvalue weighted by Gasteiger charge is -2.06. The topological polar surface area (TPSA) is 98.2 Å². The van der Waals surface area contributed by atoms with Crippen molar-refractivity contribution in [2.75, 3.05) is 0 Å². The second kappa shape index (κ2) is 4.93. The minimum atomic E-state index is -1.07. The number of rotatable bonds is 4. The van der Waals surface area contributed by atoms with E-state index in [0.29, 0.717) is 17.7 Å². The Kier molecular flexibility index (Phi) is 3.33. The predicted molar refractivity (Wildman–Crippen MR) is 68.4 cm³/mol. The number of primary amides is 1. The summed E-state index contributed by atoms with van der Waals surface area (Å²) in [5, 5.41) is 13.0. The number of aromatic carboxylic acids is 1. The first-order valence-corrected chi connectivity index (χ1v) is 5.75. The summed E-state index contributed by atoms with van der Waals surface area (Å²) >= 11 is 0. The smallest absolute Gasteiger partial charge is 0.356 e. The predicted octanol–water partition coefficient (Wildman–Crippen LogP) is 1.23. The molecule has 2 aromatic rings. The van der Waals surface area contributed by atoms with Crippen LogP contribution in [-0.4, -0.2) is 26.8 Å². The fourth-order valence-corrected chi connectivity index (χ4v) is 1.77. The van der Waals surface area contributed by atoms with Gasteiger partial charge in [0.15, 0.2) is 5.69 Å². The van der Waals surface area contributed by atoms with E-state index in [0.717, 1.165) is 5.69 Å². The molecule has 1 heterocycles. The number of hydrogen-bond donors (Lipinski definition) is 2. The molecular weight excluding hydrogens is 246 g/mol. The highest BCUT2D eigenvalue weighted by Crippen LogP contribution is 2.14. The molecule has 0 aliphatic rings. The molecule has 0 unspecified atom stereocenters. The minimum Gasteiger partial charge on any atom is -0.476 e. The van der Waals surface area contributed by atoms with Gasteiger partial charge in [-0.1, -0.05) is 6.92 Å². The summed E-state index contributed by atoms with van der Waals surface area (Å²) < 4.78 is 1.55. The highest BCUT2D eigenvalue weighted by Gasteiger charge is 2.13. The molecule has 6 heteroatoms. The van der Waals surface area contributed by atoms with Crippen LogP contribution in [0.5, 0.6) is 0 Å². The summed E-state index contributed by atoms with van der Waals surface area (Å²) in [6.07, 6.45) is 0.651. The number of hydrogen-bond acceptors (Lipinski definition) is 3. The second-order valence-corrected chi connectivity index (χ2v) is 4.00. The zero-order chi connectivity index (χ0) is 14.0. The first-order chi connectivity index (χ1) is 9.02. The maximum Gasteiger partial charge on any atom is 0.356 e. The summed E-state index contributed by atoms with van der Waals surface area (Å²) in [5.41, 5.74) is 7.03. The Bertz CT molecular complexity index is 629. The monoisotopic (exact) mass is 259 g/mol. The number of nitrogens with zero attached hydrogens (tertiary/aromatic N) is 2. The third kappa shape index (κ3) is 2.47. The highest BCUT2D eigenvalue weighted by molar-refractivity contribution is 5.92. The SMILES string of the molecule is CCc1cc(C(=O)O)nn1-c1ccc(C(N)=O)cc1. The van der Waals surface area contributed by atoms with Crippen LogP contribution in [0.25, 0.3) is 5.69 Å². The molecule has 3 N–H and O–H groups in total. The molecule has 98 valence electrons. The van der Waals surface area contributed by atoms with Crippen molar-refractivity contribution in [3.05, 3.63) is 47.3 Å². The van der Waals surface area contributed by atoms with E-state index in [1.54, 1.807) is 28.9 Å². The number of carboxylic acid groups (broad SMARTS) is 1. The molecule has 19 heavy (non-hydrogen) atoms. The Labute approximate surface area is 109 Å². The van der Waals surface area contributed by atoms with Crippen molar-refractivity contribution in [1.82, 2.24) is 9.78 Å². The van der Waals surface area contributed by atoms with Crippen LogP contribution in [0.4, 0.5) is 0 Å². The maximum atomic E-state index is 11.0. The molecule has 6 nitrogen and oxygen atoms in total. The van der Waals surface area contributed by atoms with Gasteiger partial charge in [0.05, 0.1) is 5.69 Å². The molecule has 1 aromatic carbocycles. The number of aryl methyl sites for hydroxylation is 1. The Balaban J connectivity index is 2.45. The summed E-state index contributed by atoms with van der Waals surface area (Å²) in [5.74, 6) is -1.57. The van der Waals surface area contributed by atoms with E-state index in [2.05, 4.69) is 5.10 Å². The number of carboxylic acids is 1. The van der Waals surface area contributed by atoms with E-state index in [4.69, 9.17) is 10.8 Å². The summed E-state index contributed by atoms with van der Waals surface area (Å²) in [6.45, 7) is 1.91. The van der Waals surface area contributed by atoms with Crippen molar-refractivity contribution in [3.8, 4) is 5.69 Å². The van der Waals surface area contributed by atoms with Crippen molar-refractivity contribution in [3.63, 3.8) is 0 Å². The van der Waals surface area contributed by atoms with Crippen molar-refractivity contribution in [2.24, 2.45) is 5.73 Å². The third-order valence-corrected chi connectivity index (χ3v) is 2.76. The normalized spacial score (nSPS) is 10.4. The zero-order valence-corrected chi connectivity index (χ0v) is 10.3. The maximum absolute atomic E-state index is 11.0. The molecular formula is C13H13N3O3. The molecule has 0 atom stereocenters. The van der Waals surface area contributed by atoms with Crippen LogP contribution in [-0.2, 0) is 6.42 Å². The highest BCUT2D eigenvalue weighted by atomic mass is 16.4. The molecule has 0 fully saturated rings. The van der Waals surface area contributed by atoms with E-state index < -0.39 is 11.9 Å². The van der Waals surface area contributed by atoms with Crippen LogP contribution in [0.3, 0.4) is 0 Å². The number of carbonyl (C=O) groups is 2. The Morgan fingerprint density at radius 3 is 2.42 bits per heavy atom. The minimum absolute atomic E-state index is 0.00386. The number of aromatic nitrogens is 2. The van der Waals surface area contributed by atoms with Gasteiger partial charge in [-0.05, 0) is 36.8 Å². The lowest BCUT2D eigenvalue weighted by molar-refractivity contribution is 0.0689. The Morgan fingerprint density at radius 2 is 1.95 bits per heavy atom. The number of benzene rings is 1. The number of amides is 1. The van der Waals surface area contributed by atoms with E-state index >= 15 is 0 Å². The second-order valence-electron chi connectivity index (χ2n) is 4.00. The standard InChI is InChI=1S/C13H13N3O3/c1-2-9-7-11(13(18)19)15-16(9)10-5-3-8(4-6-10)12(14)17/h3-7H,2H2,1H3,(H2,14,17)(H,18,19). The van der Waals surface area contributed by atoms with Crippen LogP contribution >= 0.6 is 0 Å². The van der Waals surface area contributed by atoms with Crippen molar-refractivity contribution in [1.29, 1.82) is 0 Å². The van der Waals surface area contributed by atoms with Gasteiger partial charge in [-0.15, -0.1) is 0 Å². The van der Waals surface area contributed by atoms with Gasteiger partial charge in [0.2, 0.25) is 5.91 Å². The van der Waals surface area contributed by atoms with Gasteiger partial charge in [-0.25, -0.2) is 9.48 Å². The number of carbonyl (C=O) groups excluding carboxylic acids is 1. The Morgan fingerprint density at radius 1 is 1.32 bits per heavy atom. The van der Waals surface area contributed by atoms with Gasteiger partial charge in [-0.2, -0.15) is 5.10 Å². The molecule has 0 radical (unpaired) electrons. The fraction of sp³-hybridized carbons (Fsp3) is 0.154. The average Bonchev–Trinajstić information content (AvgIpc) is 2.83. The van der Waals surface area contributed by atoms with Gasteiger partial charge in [0, 0.05) is 11.3 Å². The number of nitrogens with two attached hydrogens (primary N) is 1. The summed E-state index contributed by atoms with van der Waals surface area (Å²) in [7, 11) is 0. The molecule has 2 rings (SSSR count). The fourth-order valence-electron chi connectivity index (χ4n) is 1.77. The van der Waals surface area contributed by atoms with E-state index in [9.17, 15) is 9.59 Å². The van der Waals surface area contributed by atoms with Gasteiger partial charge in [0.1, 0.15) is 0 Å². The van der Waals surface area contributed by atoms with Gasteiger partial charge in [0.25, 0.3) is 0 Å². The molecule has 1 aromatic heterocycles. The molecule has 0 saturated heterocycles. The van der Waals surface area contributed by atoms with Crippen LogP contribution in [0.15, 0.2) is 30.3 Å². The first kappa shape index (κ1) is 12.8. The quantitative estimate of drug-likeness (QED) is 0.862. The molecule has 0 aliphatic heterocycles. The summed E-state index contributed by atoms with van der Waals surface area (Å²) in [4.78, 5) is 21.9. The zero-order valence-electron chi connectivity index (χ0n) is 10.3. The van der Waals surface area contributed by atoms with Gasteiger partial charge in [-0.3, -0.25) is 4.79 Å². The third-order valence-electron chi connectivity index (χ3n) is 2.76. The average molecular weight is 259 g/mol. The van der Waals surface area contributed by atoms with Crippen molar-refractivity contribution >= 4 is 11.9 Å². The van der Waals surface area contributed by atoms with Crippen molar-refractivity contribution < 1.29 is 14.7 Å². The molecule has 0 spiro atoms. The van der Waals surface area contributed by atoms with Crippen LogP contribution in [0.2, 0.25) is 0 Å². The lowest BCUT2D eigenvalue weighted by Crippen LogP contribution is -2.11. The van der Waals surface area contributed by atoms with Crippen LogP contribution in [0.1, 0.15) is 33.5 Å². The van der Waals surface area contributed by atoms with Crippen LogP contribution in [0, 0.1) is 0 Å². The van der Waals surface area contributed by atoms with Crippen LogP contribution < -0.4 is 5.73 Å². The first-order valence-electron chi connectivity index (χ1n) is 5.75. The Hall–Kier alpha value is -2.63. The molecule has 1 amide bonds. The summed E-state index contributed by atoms with van der Waals surface area (Å²) in [6, 6.07) is 8.05. The van der Waals surface area contributed by atoms with Gasteiger partial charge < -0.3 is 10.8 Å². The molecule has 0 aliphatic carbocycles. The van der Waals surface area contributed by atoms with E-state index in [-0.39, 0.29) is 5.69 Å². The van der Waals surface area contributed by atoms with E-state index in [1.807, 2.05) is 6.92 Å². The van der Waals surface area contributed by atoms with Crippen molar-refractivity contribution in [2.45, 2.75) is 13.3 Å². The lowest BCUT2D eigenvalue weighted by atomic mass is 10.2. The largest absolute Gasteiger partial charge is 0.476 e.